The first-order valence-electron chi connectivity index (χ1n) is 8.28. The van der Waals surface area contributed by atoms with Crippen molar-refractivity contribution in [2.75, 3.05) is 29.1 Å². The smallest absolute Gasteiger partial charge is 0.234 e. The molecule has 0 spiro atoms. The molecule has 1 aliphatic rings. The molecule has 0 radical (unpaired) electrons. The number of hydrogen-bond acceptors (Lipinski definition) is 3. The Labute approximate surface area is 162 Å². The predicted octanol–water partition coefficient (Wildman–Crippen LogP) is 5.47. The SMILES string of the molecule is O=C(CSCc1ccc(Cl)c(Cl)c1)Nc1ccc(N2CCCC2)cc1. The molecule has 2 aromatic carbocycles. The van der Waals surface area contributed by atoms with E-state index in [2.05, 4.69) is 22.3 Å². The highest BCUT2D eigenvalue weighted by molar-refractivity contribution is 7.99. The summed E-state index contributed by atoms with van der Waals surface area (Å²) in [4.78, 5) is 14.4. The van der Waals surface area contributed by atoms with Crippen LogP contribution in [0.4, 0.5) is 11.4 Å². The maximum atomic E-state index is 12.1. The lowest BCUT2D eigenvalue weighted by Gasteiger charge is -2.17. The van der Waals surface area contributed by atoms with Gasteiger partial charge in [-0.1, -0.05) is 29.3 Å². The summed E-state index contributed by atoms with van der Waals surface area (Å²) in [5.41, 5.74) is 3.12. The third kappa shape index (κ3) is 5.30. The molecule has 6 heteroatoms. The number of anilines is 2. The van der Waals surface area contributed by atoms with Crippen molar-refractivity contribution in [1.82, 2.24) is 0 Å². The highest BCUT2D eigenvalue weighted by Gasteiger charge is 2.12. The van der Waals surface area contributed by atoms with Gasteiger partial charge < -0.3 is 10.2 Å². The number of rotatable bonds is 6. The Hall–Kier alpha value is -1.36. The monoisotopic (exact) mass is 394 g/mol. The molecule has 0 aliphatic carbocycles. The lowest BCUT2D eigenvalue weighted by molar-refractivity contribution is -0.113. The number of amides is 1. The molecule has 1 heterocycles. The van der Waals surface area contributed by atoms with Crippen molar-refractivity contribution in [1.29, 1.82) is 0 Å². The molecule has 25 heavy (non-hydrogen) atoms. The van der Waals surface area contributed by atoms with Gasteiger partial charge in [0.1, 0.15) is 0 Å². The van der Waals surface area contributed by atoms with Gasteiger partial charge in [-0.15, -0.1) is 11.8 Å². The minimum atomic E-state index is -0.000942. The van der Waals surface area contributed by atoms with Gasteiger partial charge in [-0.3, -0.25) is 4.79 Å². The summed E-state index contributed by atoms with van der Waals surface area (Å²) in [6.07, 6.45) is 2.52. The van der Waals surface area contributed by atoms with E-state index >= 15 is 0 Å². The molecule has 0 aromatic heterocycles. The van der Waals surface area contributed by atoms with E-state index in [9.17, 15) is 4.79 Å². The fraction of sp³-hybridized carbons (Fsp3) is 0.316. The molecule has 3 rings (SSSR count). The first-order valence-corrected chi connectivity index (χ1v) is 10.2. The van der Waals surface area contributed by atoms with Gasteiger partial charge in [0, 0.05) is 30.2 Å². The summed E-state index contributed by atoms with van der Waals surface area (Å²) in [5.74, 6) is 1.12. The number of thioether (sulfide) groups is 1. The van der Waals surface area contributed by atoms with Crippen LogP contribution in [0.1, 0.15) is 18.4 Å². The molecular formula is C19H20Cl2N2OS. The Kier molecular flexibility index (Phi) is 6.51. The maximum absolute atomic E-state index is 12.1. The summed E-state index contributed by atoms with van der Waals surface area (Å²) < 4.78 is 0. The highest BCUT2D eigenvalue weighted by atomic mass is 35.5. The Bertz CT molecular complexity index is 731. The van der Waals surface area contributed by atoms with Gasteiger partial charge in [0.25, 0.3) is 0 Å². The fourth-order valence-electron chi connectivity index (χ4n) is 2.82. The van der Waals surface area contributed by atoms with Gasteiger partial charge in [0.05, 0.1) is 15.8 Å². The standard InChI is InChI=1S/C19H20Cl2N2OS/c20-17-8-3-14(11-18(17)21)12-25-13-19(24)22-15-4-6-16(7-5-15)23-9-1-2-10-23/h3-8,11H,1-2,9-10,12-13H2,(H,22,24). The Morgan fingerprint density at radius 1 is 1.04 bits per heavy atom. The molecule has 1 N–H and O–H groups in total. The summed E-state index contributed by atoms with van der Waals surface area (Å²) in [7, 11) is 0. The van der Waals surface area contributed by atoms with E-state index in [1.165, 1.54) is 18.5 Å². The highest BCUT2D eigenvalue weighted by Crippen LogP contribution is 2.25. The first kappa shape index (κ1) is 18.4. The van der Waals surface area contributed by atoms with Gasteiger partial charge >= 0.3 is 0 Å². The van der Waals surface area contributed by atoms with Crippen LogP contribution < -0.4 is 10.2 Å². The van der Waals surface area contributed by atoms with Crippen LogP contribution in [0.2, 0.25) is 10.0 Å². The van der Waals surface area contributed by atoms with Gasteiger partial charge in [-0.05, 0) is 54.8 Å². The zero-order valence-corrected chi connectivity index (χ0v) is 16.1. The molecule has 0 atom stereocenters. The first-order chi connectivity index (χ1) is 12.1. The third-order valence-electron chi connectivity index (χ3n) is 4.11. The molecule has 0 saturated carbocycles. The topological polar surface area (TPSA) is 32.3 Å². The van der Waals surface area contributed by atoms with Crippen molar-refractivity contribution < 1.29 is 4.79 Å². The summed E-state index contributed by atoms with van der Waals surface area (Å²) in [5, 5.41) is 4.03. The van der Waals surface area contributed by atoms with Gasteiger partial charge in [0.15, 0.2) is 0 Å². The quantitative estimate of drug-likeness (QED) is 0.704. The number of nitrogens with one attached hydrogen (secondary N) is 1. The van der Waals surface area contributed by atoms with Crippen molar-refractivity contribution in [3.63, 3.8) is 0 Å². The van der Waals surface area contributed by atoms with E-state index in [-0.39, 0.29) is 5.91 Å². The number of carbonyl (C=O) groups is 1. The number of carbonyl (C=O) groups excluding carboxylic acids is 1. The number of halogens is 2. The van der Waals surface area contributed by atoms with Crippen LogP contribution in [0.15, 0.2) is 42.5 Å². The van der Waals surface area contributed by atoms with Crippen molar-refractivity contribution in [2.24, 2.45) is 0 Å². The largest absolute Gasteiger partial charge is 0.372 e. The summed E-state index contributed by atoms with van der Waals surface area (Å²) in [6.45, 7) is 2.24. The van der Waals surface area contributed by atoms with Crippen LogP contribution >= 0.6 is 35.0 Å². The zero-order chi connectivity index (χ0) is 17.6. The van der Waals surface area contributed by atoms with Crippen molar-refractivity contribution >= 4 is 52.2 Å². The van der Waals surface area contributed by atoms with Crippen LogP contribution in [0.5, 0.6) is 0 Å². The predicted molar refractivity (Wildman–Crippen MR) is 109 cm³/mol. The average molecular weight is 395 g/mol. The van der Waals surface area contributed by atoms with Crippen LogP contribution in [0, 0.1) is 0 Å². The van der Waals surface area contributed by atoms with E-state index in [0.717, 1.165) is 30.1 Å². The van der Waals surface area contributed by atoms with Crippen LogP contribution in [-0.4, -0.2) is 24.7 Å². The lowest BCUT2D eigenvalue weighted by Crippen LogP contribution is -2.18. The number of nitrogens with zero attached hydrogens (tertiary/aromatic N) is 1. The summed E-state index contributed by atoms with van der Waals surface area (Å²) in [6, 6.07) is 13.6. The minimum Gasteiger partial charge on any atom is -0.372 e. The maximum Gasteiger partial charge on any atom is 0.234 e. The van der Waals surface area contributed by atoms with Gasteiger partial charge in [-0.25, -0.2) is 0 Å². The van der Waals surface area contributed by atoms with E-state index in [1.807, 2.05) is 24.3 Å². The normalized spacial score (nSPS) is 13.9. The molecule has 0 bridgehead atoms. The van der Waals surface area contributed by atoms with E-state index < -0.39 is 0 Å². The molecule has 1 saturated heterocycles. The Balaban J connectivity index is 1.44. The van der Waals surface area contributed by atoms with Crippen LogP contribution in [0.25, 0.3) is 0 Å². The molecule has 3 nitrogen and oxygen atoms in total. The van der Waals surface area contributed by atoms with E-state index in [1.54, 1.807) is 17.8 Å². The van der Waals surface area contributed by atoms with Gasteiger partial charge in [-0.2, -0.15) is 0 Å². The molecule has 1 aliphatic heterocycles. The van der Waals surface area contributed by atoms with Crippen LogP contribution in [0.3, 0.4) is 0 Å². The minimum absolute atomic E-state index is 0.000942. The number of hydrogen-bond donors (Lipinski definition) is 1. The van der Waals surface area contributed by atoms with Gasteiger partial charge in [0.2, 0.25) is 5.91 Å². The molecule has 132 valence electrons. The lowest BCUT2D eigenvalue weighted by atomic mass is 10.2. The van der Waals surface area contributed by atoms with E-state index in [4.69, 9.17) is 23.2 Å². The van der Waals surface area contributed by atoms with Crippen LogP contribution in [-0.2, 0) is 10.5 Å². The number of benzene rings is 2. The molecular weight excluding hydrogens is 375 g/mol. The van der Waals surface area contributed by atoms with Crippen molar-refractivity contribution in [3.05, 3.63) is 58.1 Å². The zero-order valence-electron chi connectivity index (χ0n) is 13.8. The van der Waals surface area contributed by atoms with Crippen molar-refractivity contribution in [2.45, 2.75) is 18.6 Å². The summed E-state index contributed by atoms with van der Waals surface area (Å²) >= 11 is 13.5. The molecule has 1 fully saturated rings. The van der Waals surface area contributed by atoms with Crippen molar-refractivity contribution in [3.8, 4) is 0 Å². The van der Waals surface area contributed by atoms with E-state index in [0.29, 0.717) is 15.8 Å². The second-order valence-electron chi connectivity index (χ2n) is 6.03. The Morgan fingerprint density at radius 3 is 2.44 bits per heavy atom. The third-order valence-corrected chi connectivity index (χ3v) is 5.85. The fourth-order valence-corrected chi connectivity index (χ4v) is 3.91. The average Bonchev–Trinajstić information content (AvgIpc) is 3.13. The second-order valence-corrected chi connectivity index (χ2v) is 7.83. The second kappa shape index (κ2) is 8.84. The molecule has 0 unspecified atom stereocenters. The molecule has 1 amide bonds. The Morgan fingerprint density at radius 2 is 1.76 bits per heavy atom. The molecule has 2 aromatic rings.